The number of methoxy groups -OCH3 is 1. The average molecular weight is 962 g/mol. The molecule has 366 valence electrons. The number of fused-ring (bicyclic) bond motifs is 1. The van der Waals surface area contributed by atoms with Crippen molar-refractivity contribution in [1.82, 2.24) is 34.5 Å². The number of amides is 5. The molecule has 1 N–H and O–H groups in total. The minimum atomic E-state index is -0.857. The molecule has 3 aromatic carbocycles. The fraction of sp³-hybridized carbons (Fsp3) is 0.358. The zero-order valence-corrected chi connectivity index (χ0v) is 40.7. The van der Waals surface area contributed by atoms with Gasteiger partial charge in [0.1, 0.15) is 17.7 Å². The first-order chi connectivity index (χ1) is 34.2. The van der Waals surface area contributed by atoms with Crippen LogP contribution in [0.3, 0.4) is 0 Å². The standard InChI is InChI=1S/C53H56FN11O6/c1-7-37-39(19-22-56-47(37)63-27-26-62(52(63)70)36-11-9-21-55-30-36)38-15-14-35(64-50(71-6)58-59(5)51(64)69)29-40(38)34-13-16-42(41(54)28-34)61-25-24-60(32(2)31-61)23-20-33-10-8-12-43-46(33)53(3,4)49(68)65(43)44-17-18-45(66)57-48(44)67/h8-16,19,21-22,28-30,32,44H,7,17-18,20,23-27,31H2,1-6H3,(H,57,66,67)/t32-,44?/m1/s1. The summed E-state index contributed by atoms with van der Waals surface area (Å²) in [5, 5.41) is 6.66. The maximum Gasteiger partial charge on any atom is 0.353 e. The molecule has 71 heavy (non-hydrogen) atoms. The van der Waals surface area contributed by atoms with E-state index >= 15 is 4.39 Å². The largest absolute Gasteiger partial charge is 0.467 e. The van der Waals surface area contributed by atoms with Gasteiger partial charge in [0, 0.05) is 82.4 Å². The average Bonchev–Trinajstić information content (AvgIpc) is 3.96. The van der Waals surface area contributed by atoms with Gasteiger partial charge in [0.05, 0.1) is 35.8 Å². The van der Waals surface area contributed by atoms with E-state index in [9.17, 15) is 24.0 Å². The highest BCUT2D eigenvalue weighted by Crippen LogP contribution is 2.46. The molecule has 0 aliphatic carbocycles. The smallest absolute Gasteiger partial charge is 0.353 e. The Morgan fingerprint density at radius 3 is 2.41 bits per heavy atom. The number of aromatic nitrogens is 5. The van der Waals surface area contributed by atoms with E-state index in [1.54, 1.807) is 52.5 Å². The van der Waals surface area contributed by atoms with E-state index in [0.717, 1.165) is 33.5 Å². The van der Waals surface area contributed by atoms with Gasteiger partial charge in [-0.2, -0.15) is 0 Å². The van der Waals surface area contributed by atoms with E-state index in [-0.39, 0.29) is 42.7 Å². The van der Waals surface area contributed by atoms with E-state index in [4.69, 9.17) is 9.72 Å². The fourth-order valence-corrected chi connectivity index (χ4v) is 11.0. The van der Waals surface area contributed by atoms with Gasteiger partial charge in [-0.15, -0.1) is 5.10 Å². The predicted molar refractivity (Wildman–Crippen MR) is 268 cm³/mol. The van der Waals surface area contributed by atoms with E-state index in [0.29, 0.717) is 86.1 Å². The third-order valence-corrected chi connectivity index (χ3v) is 14.6. The molecule has 1 unspecified atom stereocenters. The number of hydrogen-bond donors (Lipinski definition) is 1. The summed E-state index contributed by atoms with van der Waals surface area (Å²) in [6.45, 7) is 11.4. The number of aryl methyl sites for hydroxylation is 1. The first-order valence-electron chi connectivity index (χ1n) is 24.1. The van der Waals surface area contributed by atoms with Crippen molar-refractivity contribution >= 4 is 46.6 Å². The van der Waals surface area contributed by atoms with E-state index < -0.39 is 28.9 Å². The van der Waals surface area contributed by atoms with Crippen molar-refractivity contribution in [3.05, 3.63) is 124 Å². The van der Waals surface area contributed by atoms with Crippen molar-refractivity contribution in [2.45, 2.75) is 70.9 Å². The summed E-state index contributed by atoms with van der Waals surface area (Å²) in [6.07, 6.45) is 6.69. The summed E-state index contributed by atoms with van der Waals surface area (Å²) in [5.41, 5.74) is 6.70. The minimum Gasteiger partial charge on any atom is -0.467 e. The molecule has 6 aromatic rings. The van der Waals surface area contributed by atoms with Crippen LogP contribution in [0.5, 0.6) is 6.01 Å². The van der Waals surface area contributed by atoms with E-state index in [1.807, 2.05) is 75.4 Å². The molecule has 0 saturated carbocycles. The lowest BCUT2D eigenvalue weighted by Crippen LogP contribution is -2.55. The third kappa shape index (κ3) is 8.18. The Hall–Kier alpha value is -7.73. The molecule has 0 radical (unpaired) electrons. The number of anilines is 4. The minimum absolute atomic E-state index is 0.0672. The maximum absolute atomic E-state index is 16.9. The monoisotopic (exact) mass is 961 g/mol. The lowest BCUT2D eigenvalue weighted by molar-refractivity contribution is -0.136. The van der Waals surface area contributed by atoms with Crippen molar-refractivity contribution in [1.29, 1.82) is 0 Å². The molecule has 5 amide bonds. The Bertz CT molecular complexity index is 3170. The number of ether oxygens (including phenoxy) is 1. The number of hydrogen-bond acceptors (Lipinski definition) is 11. The molecule has 3 aromatic heterocycles. The molecule has 0 bridgehead atoms. The van der Waals surface area contributed by atoms with E-state index in [2.05, 4.69) is 38.2 Å². The number of halogens is 1. The molecule has 0 spiro atoms. The van der Waals surface area contributed by atoms with Crippen LogP contribution in [0.4, 0.5) is 32.1 Å². The Balaban J connectivity index is 0.919. The zero-order chi connectivity index (χ0) is 49.9. The summed E-state index contributed by atoms with van der Waals surface area (Å²) >= 11 is 0. The molecule has 10 rings (SSSR count). The second-order valence-electron chi connectivity index (χ2n) is 19.1. The maximum atomic E-state index is 16.9. The predicted octanol–water partition coefficient (Wildman–Crippen LogP) is 6.03. The second kappa shape index (κ2) is 18.5. The van der Waals surface area contributed by atoms with Crippen LogP contribution in [0.2, 0.25) is 0 Å². The molecule has 4 aliphatic rings. The summed E-state index contributed by atoms with van der Waals surface area (Å²) in [4.78, 5) is 84.5. The highest BCUT2D eigenvalue weighted by atomic mass is 19.1. The number of carbonyl (C=O) groups excluding carboxylic acids is 4. The highest BCUT2D eigenvalue weighted by Gasteiger charge is 2.50. The number of urea groups is 1. The Morgan fingerprint density at radius 2 is 1.68 bits per heavy atom. The van der Waals surface area contributed by atoms with Gasteiger partial charge < -0.3 is 9.64 Å². The van der Waals surface area contributed by atoms with Crippen LogP contribution < -0.4 is 35.3 Å². The number of benzene rings is 3. The normalized spacial score (nSPS) is 19.2. The molecule has 17 nitrogen and oxygen atoms in total. The van der Waals surface area contributed by atoms with Crippen LogP contribution in [0.15, 0.2) is 96.2 Å². The lowest BCUT2D eigenvalue weighted by atomic mass is 9.82. The number of carbonyl (C=O) groups is 4. The summed E-state index contributed by atoms with van der Waals surface area (Å²) in [7, 11) is 2.99. The first kappa shape index (κ1) is 47.0. The highest BCUT2D eigenvalue weighted by molar-refractivity contribution is 6.14. The third-order valence-electron chi connectivity index (χ3n) is 14.6. The summed E-state index contributed by atoms with van der Waals surface area (Å²) in [5.74, 6) is -0.781. The number of rotatable bonds is 12. The van der Waals surface area contributed by atoms with Crippen molar-refractivity contribution < 1.29 is 28.3 Å². The first-order valence-corrected chi connectivity index (χ1v) is 24.1. The number of nitrogens with zero attached hydrogens (tertiary/aromatic N) is 10. The Kier molecular flexibility index (Phi) is 12.3. The van der Waals surface area contributed by atoms with Gasteiger partial charge in [0.25, 0.3) is 0 Å². The number of pyridine rings is 2. The topological polar surface area (TPSA) is 171 Å². The molecule has 3 fully saturated rings. The second-order valence-corrected chi connectivity index (χ2v) is 19.1. The van der Waals surface area contributed by atoms with Crippen LogP contribution in [0, 0.1) is 5.82 Å². The number of piperazine rings is 1. The quantitative estimate of drug-likeness (QED) is 0.142. The summed E-state index contributed by atoms with van der Waals surface area (Å²) < 4.78 is 24.9. The van der Waals surface area contributed by atoms with Crippen molar-refractivity contribution in [2.75, 3.05) is 66.0 Å². The van der Waals surface area contributed by atoms with Crippen LogP contribution in [0.1, 0.15) is 57.2 Å². The van der Waals surface area contributed by atoms with Gasteiger partial charge >= 0.3 is 17.7 Å². The number of nitrogens with one attached hydrogen (secondary N) is 1. The number of piperidine rings is 1. The SMILES string of the molecule is CCc1c(-c2ccc(-n3c(OC)nn(C)c3=O)cc2-c2ccc(N3CCN(CCc4cccc5c4C(C)(C)C(=O)N5C4CCC(=O)NC4=O)[C@H](C)C3)c(F)c2)ccnc1N1CCN(c2cccnc2)C1=O. The van der Waals surface area contributed by atoms with Crippen molar-refractivity contribution in [3.8, 4) is 34.0 Å². The van der Waals surface area contributed by atoms with Gasteiger partial charge in [-0.1, -0.05) is 31.2 Å². The van der Waals surface area contributed by atoms with Crippen molar-refractivity contribution in [3.63, 3.8) is 0 Å². The van der Waals surface area contributed by atoms with Crippen LogP contribution in [-0.4, -0.2) is 111 Å². The van der Waals surface area contributed by atoms with Crippen LogP contribution in [0.25, 0.3) is 27.9 Å². The molecule has 18 heteroatoms. The Labute approximate surface area is 410 Å². The molecule has 7 heterocycles. The van der Waals surface area contributed by atoms with Crippen molar-refractivity contribution in [2.24, 2.45) is 7.05 Å². The van der Waals surface area contributed by atoms with Gasteiger partial charge in [0.15, 0.2) is 0 Å². The number of imide groups is 1. The van der Waals surface area contributed by atoms with Gasteiger partial charge in [0.2, 0.25) is 17.7 Å². The molecular weight excluding hydrogens is 906 g/mol. The van der Waals surface area contributed by atoms with Crippen LogP contribution >= 0.6 is 0 Å². The molecule has 3 saturated heterocycles. The molecule has 2 atom stereocenters. The fourth-order valence-electron chi connectivity index (χ4n) is 11.0. The zero-order valence-electron chi connectivity index (χ0n) is 40.7. The van der Waals surface area contributed by atoms with Gasteiger partial charge in [-0.05, 0) is 122 Å². The van der Waals surface area contributed by atoms with Gasteiger partial charge in [-0.25, -0.2) is 28.2 Å². The molecular formula is C53H56FN11O6. The Morgan fingerprint density at radius 1 is 0.859 bits per heavy atom. The molecule has 4 aliphatic heterocycles. The van der Waals surface area contributed by atoms with E-state index in [1.165, 1.54) is 16.4 Å². The summed E-state index contributed by atoms with van der Waals surface area (Å²) in [6, 6.07) is 21.5. The van der Waals surface area contributed by atoms with Gasteiger partial charge in [-0.3, -0.25) is 44.3 Å². The lowest BCUT2D eigenvalue weighted by Gasteiger charge is -2.41. The van der Waals surface area contributed by atoms with Crippen LogP contribution in [-0.2, 0) is 39.7 Å².